The second-order valence-corrected chi connectivity index (χ2v) is 5.69. The van der Waals surface area contributed by atoms with Crippen LogP contribution in [0.5, 0.6) is 0 Å². The number of pyridine rings is 1. The van der Waals surface area contributed by atoms with Crippen LogP contribution in [-0.2, 0) is 16.1 Å². The van der Waals surface area contributed by atoms with Crippen LogP contribution in [-0.4, -0.2) is 91.8 Å². The van der Waals surface area contributed by atoms with Gasteiger partial charge in [-0.25, -0.2) is 9.79 Å². The van der Waals surface area contributed by atoms with Crippen molar-refractivity contribution in [2.75, 3.05) is 7.11 Å². The zero-order valence-electron chi connectivity index (χ0n) is 13.0. The molecule has 1 aliphatic heterocycles. The minimum atomic E-state index is -1.13. The van der Waals surface area contributed by atoms with Crippen LogP contribution in [0, 0.1) is 5.92 Å². The molecule has 0 aliphatic carbocycles. The molecule has 0 radical (unpaired) electrons. The van der Waals surface area contributed by atoms with E-state index in [-0.39, 0.29) is 86.9 Å². The molecule has 0 bridgehead atoms. The number of hydrogen-bond donors (Lipinski definition) is 2. The molecule has 2 N–H and O–H groups in total. The van der Waals surface area contributed by atoms with Crippen molar-refractivity contribution in [2.45, 2.75) is 32.9 Å². The summed E-state index contributed by atoms with van der Waals surface area (Å²) in [4.78, 5) is 32.2. The van der Waals surface area contributed by atoms with Crippen LogP contribution in [0.25, 0.3) is 0 Å². The monoisotopic (exact) mass is 345 g/mol. The van der Waals surface area contributed by atoms with Gasteiger partial charge in [-0.1, -0.05) is 13.8 Å². The Morgan fingerprint density at radius 2 is 2.13 bits per heavy atom. The molecule has 0 saturated heterocycles. The number of ether oxygens (including phenoxy) is 1. The van der Waals surface area contributed by atoms with E-state index < -0.39 is 11.5 Å². The predicted octanol–water partition coefficient (Wildman–Crippen LogP) is 0.569. The fraction of sp³-hybridized carbons (Fsp3) is 0.467. The molecule has 1 aliphatic rings. The Morgan fingerprint density at radius 1 is 1.48 bits per heavy atom. The normalized spacial score (nSPS) is 20.0. The zero-order valence-corrected chi connectivity index (χ0v) is 13.0. The van der Waals surface area contributed by atoms with Gasteiger partial charge in [0.2, 0.25) is 0 Å². The van der Waals surface area contributed by atoms with E-state index in [4.69, 9.17) is 4.74 Å². The summed E-state index contributed by atoms with van der Waals surface area (Å²) in [5, 5.41) is 12.0. The molecule has 1 aromatic heterocycles. The first-order valence-electron chi connectivity index (χ1n) is 6.92. The number of aromatic nitrogens is 1. The van der Waals surface area contributed by atoms with Gasteiger partial charge in [0.1, 0.15) is 11.2 Å². The van der Waals surface area contributed by atoms with E-state index in [1.165, 1.54) is 19.4 Å². The Labute approximate surface area is 177 Å². The number of carbonyl (C=O) groups excluding carboxylic acids is 1. The fourth-order valence-electron chi connectivity index (χ4n) is 2.15. The summed E-state index contributed by atoms with van der Waals surface area (Å²) >= 11 is 0. The summed E-state index contributed by atoms with van der Waals surface area (Å²) < 4.78 is 4.98. The first kappa shape index (κ1) is 20.4. The molecular formula is C15H20KN3O4. The molecule has 0 spiro atoms. The van der Waals surface area contributed by atoms with E-state index >= 15 is 0 Å². The third-order valence-electron chi connectivity index (χ3n) is 3.87. The van der Waals surface area contributed by atoms with Gasteiger partial charge in [0, 0.05) is 13.3 Å². The number of amidine groups is 1. The molecule has 0 aromatic carbocycles. The van der Waals surface area contributed by atoms with Crippen LogP contribution in [0.2, 0.25) is 0 Å². The molecule has 1 aromatic rings. The van der Waals surface area contributed by atoms with E-state index in [0.29, 0.717) is 5.56 Å². The van der Waals surface area contributed by atoms with Crippen molar-refractivity contribution < 1.29 is 19.4 Å². The van der Waals surface area contributed by atoms with Crippen LogP contribution < -0.4 is 5.32 Å². The van der Waals surface area contributed by atoms with Crippen molar-refractivity contribution in [2.24, 2.45) is 10.9 Å². The van der Waals surface area contributed by atoms with Crippen molar-refractivity contribution in [1.82, 2.24) is 10.3 Å². The van der Waals surface area contributed by atoms with Crippen LogP contribution >= 0.6 is 0 Å². The Kier molecular flexibility index (Phi) is 7.05. The number of aromatic carboxylic acids is 1. The van der Waals surface area contributed by atoms with Crippen LogP contribution in [0.15, 0.2) is 17.3 Å². The van der Waals surface area contributed by atoms with E-state index in [1.54, 1.807) is 6.92 Å². The summed E-state index contributed by atoms with van der Waals surface area (Å²) in [6.45, 7) is 5.76. The third-order valence-corrected chi connectivity index (χ3v) is 3.87. The molecule has 23 heavy (non-hydrogen) atoms. The van der Waals surface area contributed by atoms with Gasteiger partial charge >= 0.3 is 57.4 Å². The predicted molar refractivity (Wildman–Crippen MR) is 87.0 cm³/mol. The quantitative estimate of drug-likeness (QED) is 0.760. The van der Waals surface area contributed by atoms with E-state index in [2.05, 4.69) is 15.3 Å². The maximum atomic E-state index is 12.2. The standard InChI is InChI=1S/C15H19N3O4.K.H/c1-8(2)15(3)14(21)17-12(18-15)11-10(13(19)20)5-9(6-16-11)7-22-4;;/h5-6,8H,7H2,1-4H3,(H,19,20)(H,17,18,21);;. The maximum absolute atomic E-state index is 12.2. The molecule has 1 unspecified atom stereocenters. The summed E-state index contributed by atoms with van der Waals surface area (Å²) in [5.74, 6) is -1.21. The molecule has 1 atom stereocenters. The Balaban J connectivity index is 0.00000264. The molecular weight excluding hydrogens is 325 g/mol. The first-order valence-corrected chi connectivity index (χ1v) is 6.92. The molecule has 8 heteroatoms. The summed E-state index contributed by atoms with van der Waals surface area (Å²) in [6, 6.07) is 1.48. The Bertz CT molecular complexity index is 660. The first-order chi connectivity index (χ1) is 10.3. The van der Waals surface area contributed by atoms with Crippen LogP contribution in [0.4, 0.5) is 0 Å². The van der Waals surface area contributed by atoms with Gasteiger partial charge in [0.15, 0.2) is 5.84 Å². The van der Waals surface area contributed by atoms with Gasteiger partial charge in [0.05, 0.1) is 12.2 Å². The molecule has 7 nitrogen and oxygen atoms in total. The third kappa shape index (κ3) is 4.07. The van der Waals surface area contributed by atoms with Gasteiger partial charge in [-0.05, 0) is 24.5 Å². The molecule has 2 rings (SSSR count). The molecule has 0 fully saturated rings. The number of hydrogen-bond acceptors (Lipinski definition) is 5. The number of carboxylic acids is 1. The molecule has 0 saturated carbocycles. The van der Waals surface area contributed by atoms with Gasteiger partial charge in [-0.3, -0.25) is 9.78 Å². The number of rotatable bonds is 5. The van der Waals surface area contributed by atoms with E-state index in [9.17, 15) is 14.7 Å². The average Bonchev–Trinajstić information content (AvgIpc) is 2.76. The minimum absolute atomic E-state index is 0. The van der Waals surface area contributed by atoms with E-state index in [0.717, 1.165) is 0 Å². The summed E-state index contributed by atoms with van der Waals surface area (Å²) in [7, 11) is 1.52. The fourth-order valence-corrected chi connectivity index (χ4v) is 2.15. The number of methoxy groups -OCH3 is 1. The molecule has 120 valence electrons. The topological polar surface area (TPSA) is 101 Å². The van der Waals surface area contributed by atoms with Crippen molar-refractivity contribution >= 4 is 69.1 Å². The Hall–Kier alpha value is -0.644. The zero-order chi connectivity index (χ0) is 16.5. The van der Waals surface area contributed by atoms with E-state index in [1.807, 2.05) is 13.8 Å². The number of nitrogens with one attached hydrogen (secondary N) is 1. The van der Waals surface area contributed by atoms with Crippen molar-refractivity contribution in [1.29, 1.82) is 0 Å². The number of amides is 1. The van der Waals surface area contributed by atoms with Crippen molar-refractivity contribution in [3.8, 4) is 0 Å². The second kappa shape index (κ2) is 7.95. The number of aliphatic imine (C=N–C) groups is 1. The number of carboxylic acid groups (broad SMARTS) is 1. The molecule has 1 amide bonds. The van der Waals surface area contributed by atoms with Gasteiger partial charge in [-0.15, -0.1) is 0 Å². The Morgan fingerprint density at radius 3 is 2.61 bits per heavy atom. The molecule has 2 heterocycles. The van der Waals surface area contributed by atoms with Gasteiger partial charge in [-0.2, -0.15) is 0 Å². The van der Waals surface area contributed by atoms with Gasteiger partial charge in [0.25, 0.3) is 5.91 Å². The number of nitrogens with zero attached hydrogens (tertiary/aromatic N) is 2. The summed E-state index contributed by atoms with van der Waals surface area (Å²) in [5.41, 5.74) is -0.135. The van der Waals surface area contributed by atoms with Crippen molar-refractivity contribution in [3.05, 3.63) is 29.1 Å². The van der Waals surface area contributed by atoms with Crippen LogP contribution in [0.1, 0.15) is 42.4 Å². The van der Waals surface area contributed by atoms with Crippen molar-refractivity contribution in [3.63, 3.8) is 0 Å². The second-order valence-electron chi connectivity index (χ2n) is 5.69. The van der Waals surface area contributed by atoms with Crippen LogP contribution in [0.3, 0.4) is 0 Å². The average molecular weight is 345 g/mol. The SMILES string of the molecule is COCc1cnc(C2=NC(C)(C(C)C)C(=O)N2)c(C(=O)O)c1.[KH]. The van der Waals surface area contributed by atoms with Gasteiger partial charge < -0.3 is 15.2 Å². The number of carbonyl (C=O) groups is 2. The summed E-state index contributed by atoms with van der Waals surface area (Å²) in [6.07, 6.45) is 1.52.